The van der Waals surface area contributed by atoms with Crippen molar-refractivity contribution in [3.8, 4) is 0 Å². The standard InChI is InChI=1S/C42H83O9PS.Na/c1-3-5-7-9-11-13-15-17-19-21-23-25-27-29-31-33-41(45)49-37-40(38-51-52(47,48)50-36-39(44)35-43)53-42(46)34-32-30-28-26-24-22-20-18-16-14-12-10-8-6-4-2;/h39-40,43-44H,3-38H2,1-2H3,(H,47,48);/q;+1/p-1/t39-,40?;/m0./s1. The summed E-state index contributed by atoms with van der Waals surface area (Å²) in [5.41, 5.74) is 0. The van der Waals surface area contributed by atoms with E-state index >= 15 is 0 Å². The molecule has 2 N–H and O–H groups in total. The van der Waals surface area contributed by atoms with E-state index in [1.165, 1.54) is 154 Å². The Balaban J connectivity index is 0. The van der Waals surface area contributed by atoms with E-state index in [2.05, 4.69) is 18.4 Å². The molecule has 9 nitrogen and oxygen atoms in total. The van der Waals surface area contributed by atoms with Crippen molar-refractivity contribution in [2.24, 2.45) is 0 Å². The Bertz CT molecular complexity index is 870. The Morgan fingerprint density at radius 3 is 1.26 bits per heavy atom. The molecule has 0 aromatic rings. The van der Waals surface area contributed by atoms with Crippen molar-refractivity contribution in [2.45, 2.75) is 231 Å². The van der Waals surface area contributed by atoms with Gasteiger partial charge in [-0.25, -0.2) is 0 Å². The average molecular weight is 817 g/mol. The van der Waals surface area contributed by atoms with Crippen molar-refractivity contribution in [2.75, 3.05) is 26.4 Å². The van der Waals surface area contributed by atoms with Crippen LogP contribution >= 0.6 is 19.6 Å². The average Bonchev–Trinajstić information content (AvgIpc) is 3.14. The first-order chi connectivity index (χ1) is 25.7. The van der Waals surface area contributed by atoms with Crippen LogP contribution in [0.3, 0.4) is 0 Å². The first-order valence-electron chi connectivity index (χ1n) is 22.0. The zero-order valence-corrected chi connectivity index (χ0v) is 38.9. The van der Waals surface area contributed by atoms with Gasteiger partial charge in [0.25, 0.3) is 7.82 Å². The predicted molar refractivity (Wildman–Crippen MR) is 219 cm³/mol. The molecule has 0 rings (SSSR count). The van der Waals surface area contributed by atoms with Gasteiger partial charge < -0.3 is 28.9 Å². The number of phosphoric ester groups is 1. The summed E-state index contributed by atoms with van der Waals surface area (Å²) in [6.07, 6.45) is 36.6. The smallest absolute Gasteiger partial charge is 0.756 e. The Morgan fingerprint density at radius 1 is 0.556 bits per heavy atom. The fourth-order valence-corrected chi connectivity index (χ4v) is 8.14. The van der Waals surface area contributed by atoms with Gasteiger partial charge in [0, 0.05) is 12.8 Å². The van der Waals surface area contributed by atoms with E-state index in [1.807, 2.05) is 0 Å². The molecular formula is C42H82NaO9PS. The number of ether oxygens (including phenoxy) is 1. The number of aliphatic hydroxyl groups is 2. The zero-order chi connectivity index (χ0) is 39.1. The van der Waals surface area contributed by atoms with Crippen LogP contribution in [0, 0.1) is 0 Å². The fraction of sp³-hybridized carbons (Fsp3) is 0.952. The molecule has 12 heteroatoms. The number of esters is 1. The summed E-state index contributed by atoms with van der Waals surface area (Å²) >= 11 is 0.946. The number of thioether (sulfide) groups is 1. The maximum Gasteiger partial charge on any atom is 1.00 e. The minimum Gasteiger partial charge on any atom is -0.756 e. The molecule has 54 heavy (non-hydrogen) atoms. The van der Waals surface area contributed by atoms with Gasteiger partial charge in [-0.2, -0.15) is 0 Å². The van der Waals surface area contributed by atoms with Crippen LogP contribution in [0.5, 0.6) is 0 Å². The van der Waals surface area contributed by atoms with Gasteiger partial charge in [0.1, 0.15) is 12.7 Å². The van der Waals surface area contributed by atoms with Crippen LogP contribution in [0.2, 0.25) is 0 Å². The second-order valence-electron chi connectivity index (χ2n) is 15.1. The first kappa shape index (κ1) is 56.6. The Kier molecular flexibility index (Phi) is 45.2. The Hall–Kier alpha value is 0.520. The van der Waals surface area contributed by atoms with E-state index in [0.717, 1.165) is 50.3 Å². The molecule has 0 amide bonds. The van der Waals surface area contributed by atoms with Gasteiger partial charge in [-0.05, 0) is 12.8 Å². The van der Waals surface area contributed by atoms with E-state index in [4.69, 9.17) is 14.4 Å². The number of carbonyl (C=O) groups excluding carboxylic acids is 2. The van der Waals surface area contributed by atoms with Gasteiger partial charge in [-0.15, -0.1) is 0 Å². The van der Waals surface area contributed by atoms with Crippen molar-refractivity contribution in [1.29, 1.82) is 0 Å². The fourth-order valence-electron chi connectivity index (χ4n) is 6.34. The molecular weight excluding hydrogens is 734 g/mol. The molecule has 0 heterocycles. The number of phosphoric acid groups is 1. The summed E-state index contributed by atoms with van der Waals surface area (Å²) in [6, 6.07) is 0. The molecule has 0 bridgehead atoms. The number of rotatable bonds is 42. The SMILES string of the molecule is CCCCCCCCCCCCCCCCCC(=O)OCC(COP(=O)([O-])OC[C@@H](O)CO)SC(=O)CCCCCCCCCCCCCCCCC.[Na+]. The van der Waals surface area contributed by atoms with E-state index < -0.39 is 39.0 Å². The Labute approximate surface area is 358 Å². The van der Waals surface area contributed by atoms with Gasteiger partial charge >= 0.3 is 35.5 Å². The molecule has 0 radical (unpaired) electrons. The molecule has 0 aliphatic carbocycles. The molecule has 0 fully saturated rings. The van der Waals surface area contributed by atoms with Crippen molar-refractivity contribution < 1.29 is 72.6 Å². The van der Waals surface area contributed by atoms with Crippen LogP contribution in [0.15, 0.2) is 0 Å². The number of hydrogen-bond acceptors (Lipinski definition) is 10. The molecule has 0 aliphatic rings. The molecule has 0 saturated carbocycles. The first-order valence-corrected chi connectivity index (χ1v) is 24.3. The topological polar surface area (TPSA) is 142 Å². The third kappa shape index (κ3) is 42.1. The molecule has 0 saturated heterocycles. The van der Waals surface area contributed by atoms with Gasteiger partial charge in [-0.1, -0.05) is 205 Å². The number of aliphatic hydroxyl groups excluding tert-OH is 2. The Morgan fingerprint density at radius 2 is 0.889 bits per heavy atom. The largest absolute Gasteiger partial charge is 1.00 e. The van der Waals surface area contributed by atoms with Crippen LogP contribution in [0.4, 0.5) is 0 Å². The van der Waals surface area contributed by atoms with Crippen molar-refractivity contribution in [3.63, 3.8) is 0 Å². The summed E-state index contributed by atoms with van der Waals surface area (Å²) in [7, 11) is -4.79. The maximum absolute atomic E-state index is 12.8. The van der Waals surface area contributed by atoms with Crippen LogP contribution in [0.1, 0.15) is 219 Å². The molecule has 3 atom stereocenters. The predicted octanol–water partition coefficient (Wildman–Crippen LogP) is 8.54. The molecule has 0 spiro atoms. The zero-order valence-electron chi connectivity index (χ0n) is 35.2. The molecule has 0 aliphatic heterocycles. The maximum atomic E-state index is 12.8. The quantitative estimate of drug-likeness (QED) is 0.0267. The monoisotopic (exact) mass is 817 g/mol. The minimum atomic E-state index is -4.79. The van der Waals surface area contributed by atoms with E-state index in [1.54, 1.807) is 0 Å². The summed E-state index contributed by atoms with van der Waals surface area (Å²) in [4.78, 5) is 37.4. The number of carbonyl (C=O) groups is 2. The van der Waals surface area contributed by atoms with E-state index in [0.29, 0.717) is 6.42 Å². The molecule has 316 valence electrons. The van der Waals surface area contributed by atoms with Crippen molar-refractivity contribution in [1.82, 2.24) is 0 Å². The molecule has 2 unspecified atom stereocenters. The number of hydrogen-bond donors (Lipinski definition) is 2. The van der Waals surface area contributed by atoms with Crippen LogP contribution in [-0.4, -0.2) is 59.1 Å². The summed E-state index contributed by atoms with van der Waals surface area (Å²) in [5.74, 6) is -0.368. The van der Waals surface area contributed by atoms with Crippen molar-refractivity contribution in [3.05, 3.63) is 0 Å². The van der Waals surface area contributed by atoms with Crippen LogP contribution in [0.25, 0.3) is 0 Å². The summed E-state index contributed by atoms with van der Waals surface area (Å²) < 4.78 is 27.2. The second kappa shape index (κ2) is 43.1. The van der Waals surface area contributed by atoms with Gasteiger partial charge in [0.2, 0.25) is 0 Å². The van der Waals surface area contributed by atoms with E-state index in [9.17, 15) is 24.2 Å². The van der Waals surface area contributed by atoms with Gasteiger partial charge in [0.05, 0.1) is 25.1 Å². The van der Waals surface area contributed by atoms with Crippen LogP contribution in [-0.2, 0) is 27.9 Å². The molecule has 0 aromatic heterocycles. The van der Waals surface area contributed by atoms with Gasteiger partial charge in [-0.3, -0.25) is 14.2 Å². The minimum absolute atomic E-state index is 0. The normalized spacial score (nSPS) is 13.6. The number of unbranched alkanes of at least 4 members (excludes halogenated alkanes) is 28. The molecule has 0 aromatic carbocycles. The van der Waals surface area contributed by atoms with Gasteiger partial charge in [0.15, 0.2) is 5.12 Å². The van der Waals surface area contributed by atoms with Crippen LogP contribution < -0.4 is 34.5 Å². The second-order valence-corrected chi connectivity index (χ2v) is 17.8. The third-order valence-corrected chi connectivity index (χ3v) is 11.8. The third-order valence-electron chi connectivity index (χ3n) is 9.75. The summed E-state index contributed by atoms with van der Waals surface area (Å²) in [6.45, 7) is 2.67. The summed E-state index contributed by atoms with van der Waals surface area (Å²) in [5, 5.41) is 17.5. The van der Waals surface area contributed by atoms with Crippen molar-refractivity contribution >= 4 is 30.7 Å². The van der Waals surface area contributed by atoms with E-state index in [-0.39, 0.29) is 53.7 Å².